The Morgan fingerprint density at radius 3 is 2.25 bits per heavy atom. The fourth-order valence-electron chi connectivity index (χ4n) is 0.664. The smallest absolute Gasteiger partial charge is 0.189 e. The van der Waals surface area contributed by atoms with E-state index in [1.165, 1.54) is 12.1 Å². The monoisotopic (exact) mass is 228 g/mol. The maximum Gasteiger partial charge on any atom is 0.333 e. The molecule has 1 aromatic carbocycles. The second kappa shape index (κ2) is 3.20. The molecule has 2 nitrogen and oxygen atoms in total. The first-order valence-electron chi connectivity index (χ1n) is 2.81. The molecule has 0 spiro atoms. The number of benzene rings is 1. The second-order valence-corrected chi connectivity index (χ2v) is 4.17. The Labute approximate surface area is 79.1 Å². The Balaban J connectivity index is 3.43. The Morgan fingerprint density at radius 2 is 1.83 bits per heavy atom. The molecule has 0 aromatic heterocycles. The number of halogens is 3. The van der Waals surface area contributed by atoms with Crippen molar-refractivity contribution in [3.63, 3.8) is 0 Å². The van der Waals surface area contributed by atoms with Crippen LogP contribution in [0.15, 0.2) is 23.1 Å². The fourth-order valence-corrected chi connectivity index (χ4v) is 1.86. The largest absolute Gasteiger partial charge is 0.333 e. The molecule has 0 N–H and O–H groups in total. The summed E-state index contributed by atoms with van der Waals surface area (Å²) in [5, 5.41) is -0.0578. The Kier molecular flexibility index (Phi) is 2.61. The van der Waals surface area contributed by atoms with E-state index in [0.29, 0.717) is 0 Å². The van der Waals surface area contributed by atoms with Gasteiger partial charge < -0.3 is 0 Å². The summed E-state index contributed by atoms with van der Waals surface area (Å²) in [5.74, 6) is 0. The van der Waals surface area contributed by atoms with E-state index in [-0.39, 0.29) is 10.0 Å². The topological polar surface area (TPSA) is 34.1 Å². The molecule has 0 fully saturated rings. The van der Waals surface area contributed by atoms with Crippen LogP contribution in [0.4, 0.5) is 3.89 Å². The maximum absolute atomic E-state index is 12.4. The molecule has 0 aliphatic carbocycles. The molecule has 0 aliphatic heterocycles. The van der Waals surface area contributed by atoms with Crippen molar-refractivity contribution >= 4 is 33.4 Å². The lowest BCUT2D eigenvalue weighted by molar-refractivity contribution is 0.552. The van der Waals surface area contributed by atoms with E-state index in [9.17, 15) is 12.3 Å². The molecule has 0 atom stereocenters. The van der Waals surface area contributed by atoms with Crippen LogP contribution in [0.3, 0.4) is 0 Å². The van der Waals surface area contributed by atoms with Gasteiger partial charge in [0.2, 0.25) is 0 Å². The minimum atomic E-state index is -4.77. The third-order valence-electron chi connectivity index (χ3n) is 1.16. The van der Waals surface area contributed by atoms with Crippen molar-refractivity contribution in [1.82, 2.24) is 0 Å². The number of hydrogen-bond donors (Lipinski definition) is 0. The second-order valence-electron chi connectivity index (χ2n) is 2.01. The molecule has 6 heteroatoms. The lowest BCUT2D eigenvalue weighted by atomic mass is 10.4. The van der Waals surface area contributed by atoms with Gasteiger partial charge in [-0.15, -0.1) is 3.89 Å². The summed E-state index contributed by atoms with van der Waals surface area (Å²) >= 11 is 10.8. The first kappa shape index (κ1) is 9.77. The third-order valence-corrected chi connectivity index (χ3v) is 2.70. The summed E-state index contributed by atoms with van der Waals surface area (Å²) in [6.45, 7) is 0. The van der Waals surface area contributed by atoms with Gasteiger partial charge in [-0.2, -0.15) is 8.42 Å². The van der Waals surface area contributed by atoms with E-state index in [1.807, 2.05) is 0 Å². The highest BCUT2D eigenvalue weighted by Gasteiger charge is 2.16. The van der Waals surface area contributed by atoms with Crippen molar-refractivity contribution in [1.29, 1.82) is 0 Å². The first-order chi connectivity index (χ1) is 5.41. The summed E-state index contributed by atoms with van der Waals surface area (Å²) in [5.41, 5.74) is 0. The van der Waals surface area contributed by atoms with Crippen LogP contribution in [0.2, 0.25) is 10.0 Å². The van der Waals surface area contributed by atoms with Crippen molar-refractivity contribution in [2.75, 3.05) is 0 Å². The van der Waals surface area contributed by atoms with Gasteiger partial charge in [-0.1, -0.05) is 23.2 Å². The molecular formula is C6H3Cl2FO2S. The molecule has 66 valence electrons. The predicted molar refractivity (Wildman–Crippen MR) is 44.8 cm³/mol. The average Bonchev–Trinajstić information content (AvgIpc) is 1.92. The van der Waals surface area contributed by atoms with E-state index in [4.69, 9.17) is 23.2 Å². The summed E-state index contributed by atoms with van der Waals surface area (Å²) in [7, 11) is -4.77. The standard InChI is InChI=1S/C6H3Cl2FO2S/c7-4-1-2-5(8)6(3-4)12(9,10)11/h1-3H. The van der Waals surface area contributed by atoms with E-state index in [2.05, 4.69) is 0 Å². The number of hydrogen-bond acceptors (Lipinski definition) is 2. The highest BCUT2D eigenvalue weighted by molar-refractivity contribution is 7.86. The highest BCUT2D eigenvalue weighted by Crippen LogP contribution is 2.25. The van der Waals surface area contributed by atoms with E-state index in [1.54, 1.807) is 0 Å². The molecule has 12 heavy (non-hydrogen) atoms. The van der Waals surface area contributed by atoms with Crippen LogP contribution in [0.5, 0.6) is 0 Å². The van der Waals surface area contributed by atoms with E-state index >= 15 is 0 Å². The van der Waals surface area contributed by atoms with Crippen LogP contribution in [0, 0.1) is 0 Å². The summed E-state index contributed by atoms with van der Waals surface area (Å²) < 4.78 is 33.2. The van der Waals surface area contributed by atoms with Gasteiger partial charge in [-0.3, -0.25) is 0 Å². The summed E-state index contributed by atoms with van der Waals surface area (Å²) in [4.78, 5) is -0.600. The third kappa shape index (κ3) is 2.09. The van der Waals surface area contributed by atoms with Gasteiger partial charge >= 0.3 is 10.2 Å². The van der Waals surface area contributed by atoms with Crippen molar-refractivity contribution in [2.24, 2.45) is 0 Å². The lowest BCUT2D eigenvalue weighted by Crippen LogP contribution is -1.92. The molecule has 1 aromatic rings. The van der Waals surface area contributed by atoms with Gasteiger partial charge in [-0.05, 0) is 18.2 Å². The first-order valence-corrected chi connectivity index (χ1v) is 4.95. The zero-order chi connectivity index (χ0) is 9.35. The Bertz CT molecular complexity index is 402. The lowest BCUT2D eigenvalue weighted by Gasteiger charge is -1.97. The molecule has 0 heterocycles. The summed E-state index contributed by atoms with van der Waals surface area (Å²) in [6, 6.07) is 3.55. The molecule has 0 saturated carbocycles. The molecule has 0 bridgehead atoms. The van der Waals surface area contributed by atoms with E-state index in [0.717, 1.165) is 6.07 Å². The molecular weight excluding hydrogens is 226 g/mol. The van der Waals surface area contributed by atoms with Crippen molar-refractivity contribution in [3.05, 3.63) is 28.2 Å². The SMILES string of the molecule is O=S(=O)(F)c1cc(Cl)ccc1Cl. The van der Waals surface area contributed by atoms with Crippen LogP contribution in [0.25, 0.3) is 0 Å². The Morgan fingerprint density at radius 1 is 1.25 bits per heavy atom. The highest BCUT2D eigenvalue weighted by atomic mass is 35.5. The molecule has 0 unspecified atom stereocenters. The Hall–Kier alpha value is -0.320. The quantitative estimate of drug-likeness (QED) is 0.693. The van der Waals surface area contributed by atoms with Crippen LogP contribution in [0.1, 0.15) is 0 Å². The minimum absolute atomic E-state index is 0.121. The molecule has 0 amide bonds. The predicted octanol–water partition coefficient (Wildman–Crippen LogP) is 2.65. The van der Waals surface area contributed by atoms with Gasteiger partial charge in [0, 0.05) is 5.02 Å². The molecule has 0 aliphatic rings. The molecule has 0 saturated heterocycles. The van der Waals surface area contributed by atoms with Crippen molar-refractivity contribution in [2.45, 2.75) is 4.90 Å². The zero-order valence-corrected chi connectivity index (χ0v) is 7.92. The van der Waals surface area contributed by atoms with Crippen LogP contribution in [-0.2, 0) is 10.2 Å². The maximum atomic E-state index is 12.4. The zero-order valence-electron chi connectivity index (χ0n) is 5.59. The van der Waals surface area contributed by atoms with Gasteiger partial charge in [0.25, 0.3) is 0 Å². The fraction of sp³-hybridized carbons (Fsp3) is 0. The van der Waals surface area contributed by atoms with Crippen molar-refractivity contribution < 1.29 is 12.3 Å². The minimum Gasteiger partial charge on any atom is -0.189 e. The number of rotatable bonds is 1. The van der Waals surface area contributed by atoms with Gasteiger partial charge in [0.05, 0.1) is 5.02 Å². The van der Waals surface area contributed by atoms with Gasteiger partial charge in [-0.25, -0.2) is 0 Å². The van der Waals surface area contributed by atoms with Crippen LogP contribution in [-0.4, -0.2) is 8.42 Å². The van der Waals surface area contributed by atoms with E-state index < -0.39 is 15.1 Å². The van der Waals surface area contributed by atoms with Crippen LogP contribution < -0.4 is 0 Å². The normalized spacial score (nSPS) is 11.6. The van der Waals surface area contributed by atoms with Gasteiger partial charge in [0.15, 0.2) is 0 Å². The summed E-state index contributed by atoms with van der Waals surface area (Å²) in [6.07, 6.45) is 0. The molecule has 1 rings (SSSR count). The van der Waals surface area contributed by atoms with Crippen LogP contribution >= 0.6 is 23.2 Å². The van der Waals surface area contributed by atoms with Crippen molar-refractivity contribution in [3.8, 4) is 0 Å². The average molecular weight is 229 g/mol. The van der Waals surface area contributed by atoms with Gasteiger partial charge in [0.1, 0.15) is 4.90 Å². The molecule has 0 radical (unpaired) electrons.